The topological polar surface area (TPSA) is 71.3 Å². The second-order valence-corrected chi connectivity index (χ2v) is 10.7. The van der Waals surface area contributed by atoms with Crippen molar-refractivity contribution in [3.8, 4) is 16.9 Å². The quantitative estimate of drug-likeness (QED) is 0.152. The number of carbonyl (C=O) groups excluding carboxylic acids is 1. The SMILES string of the molecule is Cc1ccc(Nc2nc(-c3ccc(C(=O)N/N=C\c4cc(C)n(-c5ccc(Br)cc5)c4C)cc3)cs2)cc1. The Balaban J connectivity index is 1.22. The van der Waals surface area contributed by atoms with Gasteiger partial charge in [0.05, 0.1) is 11.9 Å². The highest BCUT2D eigenvalue weighted by atomic mass is 79.9. The van der Waals surface area contributed by atoms with Crippen molar-refractivity contribution in [3.05, 3.63) is 117 Å². The molecule has 0 atom stereocenters. The number of thiazole rings is 1. The van der Waals surface area contributed by atoms with Crippen LogP contribution in [0.15, 0.2) is 93.8 Å². The van der Waals surface area contributed by atoms with Crippen LogP contribution >= 0.6 is 27.3 Å². The number of anilines is 2. The molecule has 0 aliphatic rings. The number of aryl methyl sites for hydroxylation is 2. The first-order chi connectivity index (χ1) is 18.4. The molecule has 5 aromatic rings. The van der Waals surface area contributed by atoms with Crippen LogP contribution in [0.5, 0.6) is 0 Å². The van der Waals surface area contributed by atoms with Gasteiger partial charge in [-0.05, 0) is 75.4 Å². The van der Waals surface area contributed by atoms with Gasteiger partial charge in [-0.2, -0.15) is 5.10 Å². The summed E-state index contributed by atoms with van der Waals surface area (Å²) >= 11 is 5.02. The Labute approximate surface area is 234 Å². The average molecular weight is 585 g/mol. The Kier molecular flexibility index (Phi) is 7.53. The first kappa shape index (κ1) is 25.6. The molecule has 0 saturated heterocycles. The molecule has 5 rings (SSSR count). The van der Waals surface area contributed by atoms with E-state index in [1.54, 1.807) is 29.7 Å². The Morgan fingerprint density at radius 2 is 1.68 bits per heavy atom. The highest BCUT2D eigenvalue weighted by Gasteiger charge is 2.11. The predicted octanol–water partition coefficient (Wildman–Crippen LogP) is 7.80. The number of hydrogen-bond acceptors (Lipinski definition) is 5. The Hall–Kier alpha value is -4.01. The zero-order valence-electron chi connectivity index (χ0n) is 21.2. The highest BCUT2D eigenvalue weighted by molar-refractivity contribution is 9.10. The van der Waals surface area contributed by atoms with Crippen LogP contribution in [0, 0.1) is 20.8 Å². The molecular formula is C30H26BrN5OS. The third-order valence-electron chi connectivity index (χ3n) is 6.17. The fraction of sp³-hybridized carbons (Fsp3) is 0.100. The van der Waals surface area contributed by atoms with Gasteiger partial charge < -0.3 is 9.88 Å². The van der Waals surface area contributed by atoms with Crippen LogP contribution < -0.4 is 10.7 Å². The number of benzene rings is 3. The maximum absolute atomic E-state index is 12.7. The number of hydrazone groups is 1. The number of nitrogens with one attached hydrogen (secondary N) is 2. The Bertz CT molecular complexity index is 1600. The molecule has 0 bridgehead atoms. The molecule has 6 nitrogen and oxygen atoms in total. The smallest absolute Gasteiger partial charge is 0.271 e. The Morgan fingerprint density at radius 1 is 0.974 bits per heavy atom. The minimum atomic E-state index is -0.269. The van der Waals surface area contributed by atoms with Gasteiger partial charge >= 0.3 is 0 Å². The largest absolute Gasteiger partial charge is 0.332 e. The maximum Gasteiger partial charge on any atom is 0.271 e. The normalized spacial score (nSPS) is 11.2. The maximum atomic E-state index is 12.7. The first-order valence-corrected chi connectivity index (χ1v) is 13.7. The third kappa shape index (κ3) is 5.77. The summed E-state index contributed by atoms with van der Waals surface area (Å²) in [5.74, 6) is -0.269. The predicted molar refractivity (Wildman–Crippen MR) is 160 cm³/mol. The van der Waals surface area contributed by atoms with Crippen molar-refractivity contribution in [2.75, 3.05) is 5.32 Å². The molecule has 3 aromatic carbocycles. The van der Waals surface area contributed by atoms with E-state index < -0.39 is 0 Å². The summed E-state index contributed by atoms with van der Waals surface area (Å²) in [6.07, 6.45) is 1.68. The summed E-state index contributed by atoms with van der Waals surface area (Å²) in [5, 5.41) is 10.4. The van der Waals surface area contributed by atoms with Crippen molar-refractivity contribution in [2.45, 2.75) is 20.8 Å². The van der Waals surface area contributed by atoms with Crippen LogP contribution in [0.25, 0.3) is 16.9 Å². The highest BCUT2D eigenvalue weighted by Crippen LogP contribution is 2.27. The molecule has 2 N–H and O–H groups in total. The van der Waals surface area contributed by atoms with Crippen molar-refractivity contribution in [1.29, 1.82) is 0 Å². The van der Waals surface area contributed by atoms with Crippen molar-refractivity contribution in [1.82, 2.24) is 15.0 Å². The van der Waals surface area contributed by atoms with Gasteiger partial charge in [-0.25, -0.2) is 10.4 Å². The number of amides is 1. The van der Waals surface area contributed by atoms with E-state index in [0.717, 1.165) is 49.2 Å². The molecule has 0 unspecified atom stereocenters. The van der Waals surface area contributed by atoms with Crippen LogP contribution in [-0.2, 0) is 0 Å². The van der Waals surface area contributed by atoms with Crippen LogP contribution in [0.1, 0.15) is 32.9 Å². The summed E-state index contributed by atoms with van der Waals surface area (Å²) in [6, 6.07) is 25.8. The van der Waals surface area contributed by atoms with Gasteiger partial charge in [-0.3, -0.25) is 4.79 Å². The fourth-order valence-electron chi connectivity index (χ4n) is 4.15. The molecule has 1 amide bonds. The molecule has 0 radical (unpaired) electrons. The van der Waals surface area contributed by atoms with Gasteiger partial charge in [-0.15, -0.1) is 11.3 Å². The van der Waals surface area contributed by atoms with Crippen LogP contribution in [0.4, 0.5) is 10.8 Å². The molecule has 0 aliphatic heterocycles. The third-order valence-corrected chi connectivity index (χ3v) is 7.46. The monoisotopic (exact) mass is 583 g/mol. The van der Waals surface area contributed by atoms with Crippen molar-refractivity contribution >= 4 is 50.2 Å². The minimum Gasteiger partial charge on any atom is -0.332 e. The summed E-state index contributed by atoms with van der Waals surface area (Å²) in [6.45, 7) is 6.15. The summed E-state index contributed by atoms with van der Waals surface area (Å²) in [5.41, 5.74) is 11.3. The summed E-state index contributed by atoms with van der Waals surface area (Å²) < 4.78 is 3.20. The fourth-order valence-corrected chi connectivity index (χ4v) is 5.15. The van der Waals surface area contributed by atoms with Gasteiger partial charge in [0, 0.05) is 49.3 Å². The lowest BCUT2D eigenvalue weighted by Gasteiger charge is -2.09. The molecule has 38 heavy (non-hydrogen) atoms. The summed E-state index contributed by atoms with van der Waals surface area (Å²) in [7, 11) is 0. The van der Waals surface area contributed by atoms with Crippen LogP contribution in [-0.4, -0.2) is 21.7 Å². The van der Waals surface area contributed by atoms with E-state index in [1.807, 2.05) is 48.7 Å². The van der Waals surface area contributed by atoms with E-state index in [-0.39, 0.29) is 5.91 Å². The molecule has 190 valence electrons. The van der Waals surface area contributed by atoms with Gasteiger partial charge in [-0.1, -0.05) is 45.8 Å². The minimum absolute atomic E-state index is 0.269. The number of carbonyl (C=O) groups is 1. The number of halogens is 1. The summed E-state index contributed by atoms with van der Waals surface area (Å²) in [4.78, 5) is 17.3. The number of aromatic nitrogens is 2. The van der Waals surface area contributed by atoms with Crippen molar-refractivity contribution in [3.63, 3.8) is 0 Å². The second kappa shape index (κ2) is 11.2. The van der Waals surface area contributed by atoms with Crippen LogP contribution in [0.2, 0.25) is 0 Å². The van der Waals surface area contributed by atoms with E-state index in [1.165, 1.54) is 5.56 Å². The average Bonchev–Trinajstić information content (AvgIpc) is 3.50. The van der Waals surface area contributed by atoms with E-state index in [0.29, 0.717) is 5.56 Å². The van der Waals surface area contributed by atoms with Crippen molar-refractivity contribution < 1.29 is 4.79 Å². The van der Waals surface area contributed by atoms with E-state index in [9.17, 15) is 4.79 Å². The molecular weight excluding hydrogens is 558 g/mol. The lowest BCUT2D eigenvalue weighted by atomic mass is 10.1. The molecule has 8 heteroatoms. The second-order valence-electron chi connectivity index (χ2n) is 8.94. The first-order valence-electron chi connectivity index (χ1n) is 12.1. The number of rotatable bonds is 7. The Morgan fingerprint density at radius 3 is 2.39 bits per heavy atom. The van der Waals surface area contributed by atoms with Gasteiger partial charge in [0.1, 0.15) is 0 Å². The number of nitrogens with zero attached hydrogens (tertiary/aromatic N) is 3. The van der Waals surface area contributed by atoms with E-state index in [2.05, 4.69) is 85.5 Å². The molecule has 0 saturated carbocycles. The van der Waals surface area contributed by atoms with Gasteiger partial charge in [0.2, 0.25) is 0 Å². The lowest BCUT2D eigenvalue weighted by Crippen LogP contribution is -2.17. The zero-order valence-corrected chi connectivity index (χ0v) is 23.6. The molecule has 0 fully saturated rings. The van der Waals surface area contributed by atoms with Crippen molar-refractivity contribution in [2.24, 2.45) is 5.10 Å². The molecule has 2 aromatic heterocycles. The van der Waals surface area contributed by atoms with E-state index >= 15 is 0 Å². The lowest BCUT2D eigenvalue weighted by molar-refractivity contribution is 0.0955. The standard InChI is InChI=1S/C30H26BrN5OS/c1-19-4-12-26(13-5-19)33-30-34-28(18-38-30)22-6-8-23(9-7-22)29(37)35-32-17-24-16-20(2)36(21(24)3)27-14-10-25(31)11-15-27/h4-18H,1-3H3,(H,33,34)(H,35,37)/b32-17-. The molecule has 2 heterocycles. The molecule has 0 spiro atoms. The van der Waals surface area contributed by atoms with E-state index in [4.69, 9.17) is 0 Å². The molecule has 0 aliphatic carbocycles. The zero-order chi connectivity index (χ0) is 26.6. The number of hydrogen-bond donors (Lipinski definition) is 2. The van der Waals surface area contributed by atoms with Gasteiger partial charge in [0.15, 0.2) is 5.13 Å². The van der Waals surface area contributed by atoms with Crippen LogP contribution in [0.3, 0.4) is 0 Å². The van der Waals surface area contributed by atoms with Gasteiger partial charge in [0.25, 0.3) is 5.91 Å².